The summed E-state index contributed by atoms with van der Waals surface area (Å²) in [6.07, 6.45) is 6.85. The van der Waals surface area contributed by atoms with E-state index in [0.29, 0.717) is 0 Å². The highest BCUT2D eigenvalue weighted by Crippen LogP contribution is 2.19. The van der Waals surface area contributed by atoms with Crippen molar-refractivity contribution in [2.75, 3.05) is 6.54 Å². The van der Waals surface area contributed by atoms with Crippen molar-refractivity contribution < 1.29 is 4.79 Å². The Morgan fingerprint density at radius 3 is 3.38 bits per heavy atom. The molecule has 1 N–H and O–H groups in total. The lowest BCUT2D eigenvalue weighted by Crippen LogP contribution is -2.37. The molecule has 3 heterocycles. The molecule has 0 aromatic carbocycles. The number of carbonyl (C=O) groups excluding carboxylic acids is 1. The van der Waals surface area contributed by atoms with Crippen LogP contribution in [0.5, 0.6) is 0 Å². The van der Waals surface area contributed by atoms with E-state index in [4.69, 9.17) is 0 Å². The Morgan fingerprint density at radius 2 is 2.56 bits per heavy atom. The summed E-state index contributed by atoms with van der Waals surface area (Å²) in [7, 11) is 0. The average molecular weight is 235 g/mol. The fourth-order valence-electron chi connectivity index (χ4n) is 2.16. The van der Waals surface area contributed by atoms with E-state index in [1.54, 1.807) is 11.3 Å². The monoisotopic (exact) mass is 235 g/mol. The lowest BCUT2D eigenvalue weighted by Gasteiger charge is -2.20. The van der Waals surface area contributed by atoms with E-state index in [2.05, 4.69) is 10.3 Å². The Morgan fingerprint density at radius 1 is 1.62 bits per heavy atom. The summed E-state index contributed by atoms with van der Waals surface area (Å²) in [4.78, 5) is 17.1. The Bertz CT molecular complexity index is 488. The highest BCUT2D eigenvalue weighted by molar-refractivity contribution is 7.15. The van der Waals surface area contributed by atoms with E-state index in [1.807, 2.05) is 22.2 Å². The summed E-state index contributed by atoms with van der Waals surface area (Å²) in [6.45, 7) is 0.827. The summed E-state index contributed by atoms with van der Waals surface area (Å²) in [5.74, 6) is 0.293. The van der Waals surface area contributed by atoms with E-state index < -0.39 is 0 Å². The quantitative estimate of drug-likeness (QED) is 0.856. The number of nitrogens with one attached hydrogen (secondary N) is 1. The first-order valence-corrected chi connectivity index (χ1v) is 6.40. The van der Waals surface area contributed by atoms with Crippen LogP contribution in [-0.4, -0.2) is 21.8 Å². The number of fused-ring (bicyclic) bond motifs is 1. The Balaban J connectivity index is 1.78. The van der Waals surface area contributed by atoms with E-state index in [-0.39, 0.29) is 11.8 Å². The first-order chi connectivity index (χ1) is 7.83. The lowest BCUT2D eigenvalue weighted by molar-refractivity contribution is -0.126. The number of carbonyl (C=O) groups is 1. The van der Waals surface area contributed by atoms with Crippen LogP contribution in [0.15, 0.2) is 17.8 Å². The molecule has 0 bridgehead atoms. The molecular weight excluding hydrogens is 222 g/mol. The molecule has 16 heavy (non-hydrogen) atoms. The zero-order valence-corrected chi connectivity index (χ0v) is 9.67. The number of nitrogens with zero attached hydrogens (tertiary/aromatic N) is 2. The minimum absolute atomic E-state index is 0.110. The topological polar surface area (TPSA) is 46.4 Å². The minimum Gasteiger partial charge on any atom is -0.356 e. The summed E-state index contributed by atoms with van der Waals surface area (Å²) >= 11 is 1.62. The van der Waals surface area contributed by atoms with Gasteiger partial charge in [0.05, 0.1) is 5.69 Å². The minimum atomic E-state index is 0.110. The third-order valence-corrected chi connectivity index (χ3v) is 3.77. The van der Waals surface area contributed by atoms with E-state index in [1.165, 1.54) is 0 Å². The van der Waals surface area contributed by atoms with Gasteiger partial charge in [-0.2, -0.15) is 0 Å². The second-order valence-electron chi connectivity index (χ2n) is 4.16. The van der Waals surface area contributed by atoms with Crippen LogP contribution in [0.25, 0.3) is 4.96 Å². The highest BCUT2D eigenvalue weighted by atomic mass is 32.1. The first-order valence-electron chi connectivity index (χ1n) is 5.52. The van der Waals surface area contributed by atoms with Crippen LogP contribution < -0.4 is 5.32 Å². The molecule has 5 heteroatoms. The van der Waals surface area contributed by atoms with Crippen LogP contribution in [0.4, 0.5) is 0 Å². The molecule has 0 aliphatic carbocycles. The molecule has 3 rings (SSSR count). The third-order valence-electron chi connectivity index (χ3n) is 3.00. The Kier molecular flexibility index (Phi) is 2.40. The van der Waals surface area contributed by atoms with Gasteiger partial charge in [0.1, 0.15) is 0 Å². The Labute approximate surface area is 97.3 Å². The van der Waals surface area contributed by atoms with Crippen molar-refractivity contribution in [3.8, 4) is 0 Å². The number of hydrogen-bond donors (Lipinski definition) is 1. The molecule has 84 valence electrons. The van der Waals surface area contributed by atoms with E-state index in [0.717, 1.165) is 36.5 Å². The average Bonchev–Trinajstić information content (AvgIpc) is 2.81. The van der Waals surface area contributed by atoms with Crippen molar-refractivity contribution in [1.29, 1.82) is 0 Å². The fourth-order valence-corrected chi connectivity index (χ4v) is 2.88. The van der Waals surface area contributed by atoms with Crippen molar-refractivity contribution in [3.05, 3.63) is 23.5 Å². The van der Waals surface area contributed by atoms with Crippen LogP contribution in [0.2, 0.25) is 0 Å². The zero-order chi connectivity index (χ0) is 11.0. The molecule has 2 aromatic rings. The maximum atomic E-state index is 11.6. The summed E-state index contributed by atoms with van der Waals surface area (Å²) in [6, 6.07) is 0. The molecule has 1 aliphatic rings. The van der Waals surface area contributed by atoms with Gasteiger partial charge in [-0.15, -0.1) is 11.3 Å². The van der Waals surface area contributed by atoms with Crippen LogP contribution in [-0.2, 0) is 11.2 Å². The van der Waals surface area contributed by atoms with Crippen LogP contribution in [0.3, 0.4) is 0 Å². The fraction of sp³-hybridized carbons (Fsp3) is 0.455. The van der Waals surface area contributed by atoms with Crippen LogP contribution in [0.1, 0.15) is 18.5 Å². The number of thiazole rings is 1. The molecule has 1 aliphatic heterocycles. The summed E-state index contributed by atoms with van der Waals surface area (Å²) in [5, 5.41) is 4.92. The van der Waals surface area contributed by atoms with Crippen molar-refractivity contribution in [2.24, 2.45) is 5.92 Å². The molecule has 1 unspecified atom stereocenters. The number of rotatable bonds is 2. The van der Waals surface area contributed by atoms with Gasteiger partial charge in [0, 0.05) is 36.7 Å². The van der Waals surface area contributed by atoms with Gasteiger partial charge in [-0.3, -0.25) is 9.20 Å². The molecule has 1 atom stereocenters. The molecule has 1 amide bonds. The second kappa shape index (κ2) is 3.90. The standard InChI is InChI=1S/C11H13N3OS/c15-10-8(2-1-3-12-10)6-9-7-14-4-5-16-11(14)13-9/h4-5,7-8H,1-3,6H2,(H,12,15). The van der Waals surface area contributed by atoms with Crippen molar-refractivity contribution in [1.82, 2.24) is 14.7 Å². The maximum Gasteiger partial charge on any atom is 0.223 e. The van der Waals surface area contributed by atoms with Gasteiger partial charge in [-0.05, 0) is 12.8 Å². The van der Waals surface area contributed by atoms with E-state index in [9.17, 15) is 4.79 Å². The van der Waals surface area contributed by atoms with Gasteiger partial charge >= 0.3 is 0 Å². The maximum absolute atomic E-state index is 11.6. The number of hydrogen-bond acceptors (Lipinski definition) is 3. The number of amides is 1. The zero-order valence-electron chi connectivity index (χ0n) is 8.85. The first kappa shape index (κ1) is 9.84. The molecule has 2 aromatic heterocycles. The van der Waals surface area contributed by atoms with Gasteiger partial charge in [0.15, 0.2) is 4.96 Å². The molecule has 1 saturated heterocycles. The van der Waals surface area contributed by atoms with Gasteiger partial charge < -0.3 is 5.32 Å². The van der Waals surface area contributed by atoms with E-state index >= 15 is 0 Å². The largest absolute Gasteiger partial charge is 0.356 e. The normalized spacial score (nSPS) is 21.2. The second-order valence-corrected chi connectivity index (χ2v) is 5.03. The van der Waals surface area contributed by atoms with Gasteiger partial charge in [0.25, 0.3) is 0 Å². The smallest absolute Gasteiger partial charge is 0.223 e. The lowest BCUT2D eigenvalue weighted by atomic mass is 9.94. The van der Waals surface area contributed by atoms with Crippen molar-refractivity contribution >= 4 is 22.2 Å². The molecule has 0 radical (unpaired) electrons. The highest BCUT2D eigenvalue weighted by Gasteiger charge is 2.23. The predicted octanol–water partition coefficient (Wildman–Crippen LogP) is 1.46. The van der Waals surface area contributed by atoms with Crippen molar-refractivity contribution in [2.45, 2.75) is 19.3 Å². The molecule has 1 fully saturated rings. The number of piperidine rings is 1. The predicted molar refractivity (Wildman–Crippen MR) is 62.5 cm³/mol. The molecule has 0 saturated carbocycles. The number of aromatic nitrogens is 2. The van der Waals surface area contributed by atoms with Crippen molar-refractivity contribution in [3.63, 3.8) is 0 Å². The van der Waals surface area contributed by atoms with Crippen LogP contribution in [0, 0.1) is 5.92 Å². The molecule has 4 nitrogen and oxygen atoms in total. The SMILES string of the molecule is O=C1NCCCC1Cc1cn2ccsc2n1. The number of imidazole rings is 1. The van der Waals surface area contributed by atoms with Gasteiger partial charge in [-0.1, -0.05) is 0 Å². The van der Waals surface area contributed by atoms with Crippen LogP contribution >= 0.6 is 11.3 Å². The Hall–Kier alpha value is -1.36. The molecule has 0 spiro atoms. The summed E-state index contributed by atoms with van der Waals surface area (Å²) in [5.41, 5.74) is 1.02. The third kappa shape index (κ3) is 1.71. The van der Waals surface area contributed by atoms with Gasteiger partial charge in [-0.25, -0.2) is 4.98 Å². The van der Waals surface area contributed by atoms with Gasteiger partial charge in [0.2, 0.25) is 5.91 Å². The molecular formula is C11H13N3OS. The summed E-state index contributed by atoms with van der Waals surface area (Å²) < 4.78 is 2.01.